The highest BCUT2D eigenvalue weighted by molar-refractivity contribution is 7.71. The third-order valence-corrected chi connectivity index (χ3v) is 5.06. The number of allylic oxidation sites excluding steroid dienone is 1. The van der Waals surface area contributed by atoms with Gasteiger partial charge in [-0.15, -0.1) is 11.7 Å². The van der Waals surface area contributed by atoms with E-state index in [0.29, 0.717) is 29.1 Å². The van der Waals surface area contributed by atoms with E-state index in [4.69, 9.17) is 12.2 Å². The Labute approximate surface area is 167 Å². The van der Waals surface area contributed by atoms with Crippen molar-refractivity contribution in [2.45, 2.75) is 19.8 Å². The number of rotatable bonds is 6. The summed E-state index contributed by atoms with van der Waals surface area (Å²) in [5.41, 5.74) is 1.90. The summed E-state index contributed by atoms with van der Waals surface area (Å²) in [5.74, 6) is 0.529. The molecule has 2 heterocycles. The average Bonchev–Trinajstić information content (AvgIpc) is 3.02. The molecule has 142 valence electrons. The second kappa shape index (κ2) is 7.53. The Hall–Kier alpha value is -3.03. The van der Waals surface area contributed by atoms with Crippen molar-refractivity contribution in [2.75, 3.05) is 7.05 Å². The van der Waals surface area contributed by atoms with E-state index < -0.39 is 0 Å². The van der Waals surface area contributed by atoms with E-state index >= 15 is 0 Å². The second-order valence-corrected chi connectivity index (χ2v) is 7.15. The fourth-order valence-electron chi connectivity index (χ4n) is 3.43. The first-order chi connectivity index (χ1) is 13.6. The van der Waals surface area contributed by atoms with Gasteiger partial charge in [0.05, 0.1) is 17.6 Å². The topological polar surface area (TPSA) is 47.5 Å². The standard InChI is InChI=1S/C21H21N5OS/c1-3-13-24-19(27)17-11-7-8-12-18(17)26-20(24)22-25(21(26)28)15-23(2)14-16-9-5-4-6-10-16/h3-12H,1,13-15H2,2H3. The number of nitrogens with zero attached hydrogens (tertiary/aromatic N) is 5. The van der Waals surface area contributed by atoms with Gasteiger partial charge in [0.1, 0.15) is 0 Å². The predicted octanol–water partition coefficient (Wildman–Crippen LogP) is 3.46. The molecule has 7 heteroatoms. The lowest BCUT2D eigenvalue weighted by Gasteiger charge is -2.16. The Balaban J connectivity index is 1.82. The Morgan fingerprint density at radius 3 is 2.61 bits per heavy atom. The molecule has 0 aliphatic heterocycles. The molecule has 2 aromatic heterocycles. The summed E-state index contributed by atoms with van der Waals surface area (Å²) in [6.07, 6.45) is 1.69. The highest BCUT2D eigenvalue weighted by atomic mass is 32.1. The van der Waals surface area contributed by atoms with Crippen molar-refractivity contribution in [3.8, 4) is 0 Å². The van der Waals surface area contributed by atoms with E-state index in [0.717, 1.165) is 12.1 Å². The van der Waals surface area contributed by atoms with E-state index in [9.17, 15) is 4.79 Å². The van der Waals surface area contributed by atoms with Crippen LogP contribution in [0, 0.1) is 4.77 Å². The van der Waals surface area contributed by atoms with Gasteiger partial charge in [-0.05, 0) is 37.0 Å². The number of fused-ring (bicyclic) bond motifs is 3. The summed E-state index contributed by atoms with van der Waals surface area (Å²) in [6.45, 7) is 5.44. The maximum Gasteiger partial charge on any atom is 0.263 e. The number of para-hydroxylation sites is 1. The van der Waals surface area contributed by atoms with Gasteiger partial charge in [-0.3, -0.25) is 18.7 Å². The first kappa shape index (κ1) is 18.3. The molecule has 0 radical (unpaired) electrons. The molecule has 0 spiro atoms. The van der Waals surface area contributed by atoms with Crippen LogP contribution in [0.5, 0.6) is 0 Å². The smallest absolute Gasteiger partial charge is 0.263 e. The van der Waals surface area contributed by atoms with E-state index in [1.54, 1.807) is 15.3 Å². The molecule has 0 unspecified atom stereocenters. The monoisotopic (exact) mass is 391 g/mol. The van der Waals surface area contributed by atoms with Crippen LogP contribution in [-0.4, -0.2) is 30.7 Å². The van der Waals surface area contributed by atoms with Crippen LogP contribution < -0.4 is 5.56 Å². The van der Waals surface area contributed by atoms with Crippen LogP contribution in [0.4, 0.5) is 0 Å². The molecule has 0 fully saturated rings. The lowest BCUT2D eigenvalue weighted by Crippen LogP contribution is -2.23. The van der Waals surface area contributed by atoms with Crippen LogP contribution in [0.3, 0.4) is 0 Å². The second-order valence-electron chi connectivity index (χ2n) is 6.78. The SMILES string of the molecule is C=CCn1c(=O)c2ccccc2n2c(=S)n(CN(C)Cc3ccccc3)nc12. The Morgan fingerprint density at radius 1 is 1.14 bits per heavy atom. The summed E-state index contributed by atoms with van der Waals surface area (Å²) in [7, 11) is 2.02. The molecule has 0 aliphatic carbocycles. The lowest BCUT2D eigenvalue weighted by molar-refractivity contribution is 0.244. The zero-order chi connectivity index (χ0) is 19.7. The van der Waals surface area contributed by atoms with Crippen LogP contribution in [0.2, 0.25) is 0 Å². The van der Waals surface area contributed by atoms with Crippen molar-refractivity contribution in [2.24, 2.45) is 0 Å². The van der Waals surface area contributed by atoms with E-state index in [1.807, 2.05) is 53.9 Å². The zero-order valence-electron chi connectivity index (χ0n) is 15.7. The molecule has 0 bridgehead atoms. The molecule has 28 heavy (non-hydrogen) atoms. The maximum atomic E-state index is 12.9. The van der Waals surface area contributed by atoms with Crippen LogP contribution in [0.25, 0.3) is 16.7 Å². The van der Waals surface area contributed by atoms with Gasteiger partial charge in [-0.2, -0.15) is 0 Å². The lowest BCUT2D eigenvalue weighted by atomic mass is 10.2. The van der Waals surface area contributed by atoms with Crippen molar-refractivity contribution in [1.82, 2.24) is 23.6 Å². The van der Waals surface area contributed by atoms with Gasteiger partial charge < -0.3 is 0 Å². The van der Waals surface area contributed by atoms with Crippen LogP contribution >= 0.6 is 12.2 Å². The quantitative estimate of drug-likeness (QED) is 0.373. The summed E-state index contributed by atoms with van der Waals surface area (Å²) >= 11 is 5.72. The molecule has 0 N–H and O–H groups in total. The van der Waals surface area contributed by atoms with Crippen LogP contribution in [0.1, 0.15) is 5.56 Å². The van der Waals surface area contributed by atoms with Gasteiger partial charge in [-0.25, -0.2) is 4.68 Å². The van der Waals surface area contributed by atoms with Gasteiger partial charge >= 0.3 is 0 Å². The normalized spacial score (nSPS) is 11.5. The Bertz CT molecular complexity index is 1270. The van der Waals surface area contributed by atoms with Crippen molar-refractivity contribution in [3.63, 3.8) is 0 Å². The minimum Gasteiger partial charge on any atom is -0.283 e. The highest BCUT2D eigenvalue weighted by Gasteiger charge is 2.15. The largest absolute Gasteiger partial charge is 0.283 e. The molecule has 2 aromatic carbocycles. The highest BCUT2D eigenvalue weighted by Crippen LogP contribution is 2.15. The van der Waals surface area contributed by atoms with Crippen molar-refractivity contribution in [1.29, 1.82) is 0 Å². The molecule has 0 atom stereocenters. The molecule has 0 aliphatic rings. The summed E-state index contributed by atoms with van der Waals surface area (Å²) in [5, 5.41) is 5.29. The molecule has 0 saturated heterocycles. The van der Waals surface area contributed by atoms with E-state index in [1.165, 1.54) is 5.56 Å². The number of hydrogen-bond donors (Lipinski definition) is 0. The van der Waals surface area contributed by atoms with Gasteiger partial charge in [-0.1, -0.05) is 48.5 Å². The molecule has 0 saturated carbocycles. The van der Waals surface area contributed by atoms with Crippen molar-refractivity contribution >= 4 is 28.9 Å². The average molecular weight is 392 g/mol. The van der Waals surface area contributed by atoms with Crippen LogP contribution in [-0.2, 0) is 19.8 Å². The number of benzene rings is 2. The van der Waals surface area contributed by atoms with E-state index in [-0.39, 0.29) is 5.56 Å². The minimum absolute atomic E-state index is 0.0900. The molecular formula is C21H21N5OS. The minimum atomic E-state index is -0.0900. The van der Waals surface area contributed by atoms with Crippen LogP contribution in [0.15, 0.2) is 72.0 Å². The zero-order valence-corrected chi connectivity index (χ0v) is 16.5. The summed E-state index contributed by atoms with van der Waals surface area (Å²) in [4.78, 5) is 15.1. The first-order valence-corrected chi connectivity index (χ1v) is 9.45. The molecule has 4 aromatic rings. The fourth-order valence-corrected chi connectivity index (χ4v) is 3.71. The van der Waals surface area contributed by atoms with Gasteiger partial charge in [0, 0.05) is 13.1 Å². The third-order valence-electron chi connectivity index (χ3n) is 4.67. The first-order valence-electron chi connectivity index (χ1n) is 9.04. The molecule has 4 rings (SSSR count). The van der Waals surface area contributed by atoms with E-state index in [2.05, 4.69) is 28.7 Å². The van der Waals surface area contributed by atoms with Gasteiger partial charge in [0.15, 0.2) is 0 Å². The Kier molecular flexibility index (Phi) is 4.93. The number of hydrogen-bond acceptors (Lipinski definition) is 4. The number of aromatic nitrogens is 4. The molecule has 6 nitrogen and oxygen atoms in total. The molecular weight excluding hydrogens is 370 g/mol. The third kappa shape index (κ3) is 3.19. The Morgan fingerprint density at radius 2 is 1.86 bits per heavy atom. The van der Waals surface area contributed by atoms with Crippen molar-refractivity contribution in [3.05, 3.63) is 87.9 Å². The molecule has 0 amide bonds. The van der Waals surface area contributed by atoms with Gasteiger partial charge in [0.2, 0.25) is 10.5 Å². The summed E-state index contributed by atoms with van der Waals surface area (Å²) in [6, 6.07) is 17.7. The summed E-state index contributed by atoms with van der Waals surface area (Å²) < 4.78 is 5.80. The predicted molar refractivity (Wildman–Crippen MR) is 114 cm³/mol. The fraction of sp³-hybridized carbons (Fsp3) is 0.190. The van der Waals surface area contributed by atoms with Crippen molar-refractivity contribution < 1.29 is 0 Å². The van der Waals surface area contributed by atoms with Gasteiger partial charge in [0.25, 0.3) is 5.56 Å². The maximum absolute atomic E-state index is 12.9.